The summed E-state index contributed by atoms with van der Waals surface area (Å²) in [5.74, 6) is 0.708. The number of hydrogen-bond donors (Lipinski definition) is 0. The number of nitrogens with zero attached hydrogens (tertiary/aromatic N) is 4. The fraction of sp³-hybridized carbons (Fsp3) is 0.789. The third-order valence-electron chi connectivity index (χ3n) is 8.47. The number of rotatable bonds is 34. The molecule has 9 nitrogen and oxygen atoms in total. The van der Waals surface area contributed by atoms with Crippen LogP contribution in [-0.4, -0.2) is 88.9 Å². The average molecular weight is 691 g/mol. The number of aromatic nitrogens is 2. The Bertz CT molecular complexity index is 952. The highest BCUT2D eigenvalue weighted by atomic mass is 32.2. The molecule has 10 heteroatoms. The molecular formula is C38H66N4O5S. The van der Waals surface area contributed by atoms with Gasteiger partial charge in [-0.05, 0) is 31.7 Å². The lowest BCUT2D eigenvalue weighted by Gasteiger charge is -2.18. The molecule has 1 atom stereocenters. The number of carboxylic acid groups (broad SMARTS) is 1. The molecule has 1 aliphatic heterocycles. The molecule has 2 rings (SSSR count). The lowest BCUT2D eigenvalue weighted by molar-refractivity contribution is -0.460. The lowest BCUT2D eigenvalue weighted by Crippen LogP contribution is -2.27. The van der Waals surface area contributed by atoms with E-state index in [9.17, 15) is 9.90 Å². The van der Waals surface area contributed by atoms with Gasteiger partial charge in [0, 0.05) is 49.4 Å². The zero-order valence-corrected chi connectivity index (χ0v) is 30.9. The molecule has 0 N–H and O–H groups in total. The summed E-state index contributed by atoms with van der Waals surface area (Å²) < 4.78 is 20.1. The molecule has 1 aromatic rings. The van der Waals surface area contributed by atoms with E-state index in [1.807, 2.05) is 6.20 Å². The number of ether oxygens (including phenoxy) is 3. The minimum Gasteiger partial charge on any atom is -0.550 e. The fourth-order valence-corrected chi connectivity index (χ4v) is 6.44. The topological polar surface area (TPSA) is 99.9 Å². The SMILES string of the molecule is CCCCCCCCCCCCCCCCCCOCC(CSCCOCCN1C=C[N+](=CCCCCC(=O)[O-])C1)Oc1ncccn1. The molecule has 2 heterocycles. The van der Waals surface area contributed by atoms with Crippen molar-refractivity contribution in [2.75, 3.05) is 51.1 Å². The van der Waals surface area contributed by atoms with Crippen molar-refractivity contribution in [3.8, 4) is 6.01 Å². The average Bonchev–Trinajstić information content (AvgIpc) is 3.54. The maximum absolute atomic E-state index is 10.5. The summed E-state index contributed by atoms with van der Waals surface area (Å²) in [7, 11) is 0. The van der Waals surface area contributed by atoms with Crippen LogP contribution in [0.2, 0.25) is 0 Å². The molecule has 0 saturated heterocycles. The molecule has 0 saturated carbocycles. The molecule has 0 fully saturated rings. The van der Waals surface area contributed by atoms with Crippen LogP contribution in [0.15, 0.2) is 30.9 Å². The van der Waals surface area contributed by atoms with Crippen LogP contribution in [0.1, 0.15) is 135 Å². The highest BCUT2D eigenvalue weighted by Gasteiger charge is 2.15. The van der Waals surface area contributed by atoms with E-state index in [0.717, 1.165) is 50.6 Å². The minimum atomic E-state index is -0.972. The van der Waals surface area contributed by atoms with Crippen molar-refractivity contribution >= 4 is 23.9 Å². The van der Waals surface area contributed by atoms with E-state index >= 15 is 0 Å². The molecule has 1 aliphatic rings. The minimum absolute atomic E-state index is 0.101. The van der Waals surface area contributed by atoms with Gasteiger partial charge in [-0.1, -0.05) is 103 Å². The largest absolute Gasteiger partial charge is 0.550 e. The van der Waals surface area contributed by atoms with Gasteiger partial charge in [-0.25, -0.2) is 9.97 Å². The summed E-state index contributed by atoms with van der Waals surface area (Å²) in [6.45, 7) is 6.59. The first-order valence-electron chi connectivity index (χ1n) is 19.1. The van der Waals surface area contributed by atoms with E-state index in [0.29, 0.717) is 32.3 Å². The first-order valence-corrected chi connectivity index (χ1v) is 20.2. The molecule has 0 bridgehead atoms. The Hall–Kier alpha value is -2.17. The van der Waals surface area contributed by atoms with Gasteiger partial charge in [-0.3, -0.25) is 0 Å². The summed E-state index contributed by atoms with van der Waals surface area (Å²) in [5.41, 5.74) is 0. The Morgan fingerprint density at radius 2 is 1.52 bits per heavy atom. The second-order valence-electron chi connectivity index (χ2n) is 12.9. The predicted octanol–water partition coefficient (Wildman–Crippen LogP) is 7.39. The van der Waals surface area contributed by atoms with Gasteiger partial charge >= 0.3 is 6.01 Å². The summed E-state index contributed by atoms with van der Waals surface area (Å²) in [5, 5.41) is 10.5. The maximum Gasteiger partial charge on any atom is 0.316 e. The molecule has 1 aromatic heterocycles. The van der Waals surface area contributed by atoms with Crippen molar-refractivity contribution in [3.63, 3.8) is 0 Å². The Morgan fingerprint density at radius 1 is 0.875 bits per heavy atom. The molecule has 274 valence electrons. The molecular weight excluding hydrogens is 625 g/mol. The number of thioether (sulfide) groups is 1. The Morgan fingerprint density at radius 3 is 2.17 bits per heavy atom. The number of carboxylic acids is 1. The zero-order valence-electron chi connectivity index (χ0n) is 30.1. The lowest BCUT2D eigenvalue weighted by atomic mass is 10.0. The molecule has 1 unspecified atom stereocenters. The third kappa shape index (κ3) is 24.9. The van der Waals surface area contributed by atoms with Crippen LogP contribution >= 0.6 is 11.8 Å². The van der Waals surface area contributed by atoms with E-state index < -0.39 is 5.97 Å². The molecule has 0 radical (unpaired) electrons. The highest BCUT2D eigenvalue weighted by Crippen LogP contribution is 2.14. The van der Waals surface area contributed by atoms with Crippen molar-refractivity contribution in [1.82, 2.24) is 14.9 Å². The number of aliphatic carboxylic acids is 1. The monoisotopic (exact) mass is 690 g/mol. The number of carbonyl (C=O) groups is 1. The first-order chi connectivity index (χ1) is 23.7. The predicted molar refractivity (Wildman–Crippen MR) is 195 cm³/mol. The Kier molecular flexibility index (Phi) is 27.0. The summed E-state index contributed by atoms with van der Waals surface area (Å²) in [6.07, 6.45) is 34.0. The molecule has 0 aromatic carbocycles. The van der Waals surface area contributed by atoms with Crippen molar-refractivity contribution < 1.29 is 28.7 Å². The Labute approximate surface area is 296 Å². The van der Waals surface area contributed by atoms with Gasteiger partial charge in [0.15, 0.2) is 6.20 Å². The number of unbranched alkanes of at least 4 members (excludes halogenated alkanes) is 17. The zero-order chi connectivity index (χ0) is 34.2. The number of hydrogen-bond acceptors (Lipinski definition) is 9. The second kappa shape index (κ2) is 30.9. The normalized spacial score (nSPS) is 14.3. The summed E-state index contributed by atoms with van der Waals surface area (Å²) in [6, 6.07) is 2.19. The van der Waals surface area contributed by atoms with Gasteiger partial charge in [0.25, 0.3) is 0 Å². The van der Waals surface area contributed by atoms with Gasteiger partial charge in [-0.2, -0.15) is 16.3 Å². The van der Waals surface area contributed by atoms with Crippen LogP contribution in [0.5, 0.6) is 6.01 Å². The van der Waals surface area contributed by atoms with Gasteiger partial charge in [0.05, 0.1) is 26.0 Å². The van der Waals surface area contributed by atoms with Crippen LogP contribution < -0.4 is 9.84 Å². The molecule has 48 heavy (non-hydrogen) atoms. The fourth-order valence-electron chi connectivity index (χ4n) is 5.61. The Balaban J connectivity index is 1.44. The highest BCUT2D eigenvalue weighted by molar-refractivity contribution is 7.99. The van der Waals surface area contributed by atoms with E-state index in [-0.39, 0.29) is 12.5 Å². The van der Waals surface area contributed by atoms with Crippen molar-refractivity contribution in [3.05, 3.63) is 30.9 Å². The van der Waals surface area contributed by atoms with Crippen LogP contribution in [0.25, 0.3) is 0 Å². The van der Waals surface area contributed by atoms with E-state index in [1.54, 1.807) is 30.2 Å². The molecule has 0 amide bonds. The van der Waals surface area contributed by atoms with Crippen LogP contribution in [0, 0.1) is 0 Å². The van der Waals surface area contributed by atoms with E-state index in [1.165, 1.54) is 96.3 Å². The van der Waals surface area contributed by atoms with Crippen molar-refractivity contribution in [2.24, 2.45) is 0 Å². The standard InChI is InChI=1S/C38H66N4O5S/c1-2-3-4-5-6-7-8-9-10-11-12-13-14-15-16-20-29-46-33-36(47-38-39-23-21-24-40-38)34-48-32-31-45-30-28-42-27-26-41(35-42)25-19-17-18-22-37(43)44/h21,23-27,36H,2-20,22,28-35H2,1H3. The van der Waals surface area contributed by atoms with Crippen LogP contribution in [0.3, 0.4) is 0 Å². The van der Waals surface area contributed by atoms with E-state index in [2.05, 4.69) is 38.8 Å². The quantitative estimate of drug-likeness (QED) is 0.0542. The van der Waals surface area contributed by atoms with Crippen LogP contribution in [-0.2, 0) is 14.3 Å². The smallest absolute Gasteiger partial charge is 0.316 e. The van der Waals surface area contributed by atoms with Gasteiger partial charge in [-0.15, -0.1) is 0 Å². The summed E-state index contributed by atoms with van der Waals surface area (Å²) >= 11 is 1.80. The summed E-state index contributed by atoms with van der Waals surface area (Å²) in [4.78, 5) is 21.2. The van der Waals surface area contributed by atoms with Crippen molar-refractivity contribution in [2.45, 2.75) is 141 Å². The molecule has 0 spiro atoms. The second-order valence-corrected chi connectivity index (χ2v) is 14.1. The van der Waals surface area contributed by atoms with Crippen LogP contribution in [0.4, 0.5) is 0 Å². The molecule has 0 aliphatic carbocycles. The van der Waals surface area contributed by atoms with E-state index in [4.69, 9.17) is 14.2 Å². The van der Waals surface area contributed by atoms with Gasteiger partial charge < -0.3 is 29.0 Å². The first kappa shape index (κ1) is 42.0. The third-order valence-corrected chi connectivity index (χ3v) is 9.53. The van der Waals surface area contributed by atoms with Gasteiger partial charge in [0.2, 0.25) is 6.67 Å². The number of carbonyl (C=O) groups excluding carboxylic acids is 1. The van der Waals surface area contributed by atoms with Gasteiger partial charge in [0.1, 0.15) is 12.3 Å². The maximum atomic E-state index is 10.5. The van der Waals surface area contributed by atoms with Crippen molar-refractivity contribution in [1.29, 1.82) is 0 Å².